The van der Waals surface area contributed by atoms with Crippen molar-refractivity contribution in [1.29, 1.82) is 0 Å². The molecule has 3 heterocycles. The summed E-state index contributed by atoms with van der Waals surface area (Å²) >= 11 is 3.42. The molecule has 1 aromatic heterocycles. The van der Waals surface area contributed by atoms with Crippen molar-refractivity contribution in [3.8, 4) is 11.4 Å². The average Bonchev–Trinajstić information content (AvgIpc) is 3.38. The van der Waals surface area contributed by atoms with Crippen LogP contribution in [-0.4, -0.2) is 64.5 Å². The maximum Gasteiger partial charge on any atom is 0.241 e. The zero-order chi connectivity index (χ0) is 20.9. The van der Waals surface area contributed by atoms with Crippen molar-refractivity contribution in [1.82, 2.24) is 25.3 Å². The molecule has 1 aromatic carbocycles. The van der Waals surface area contributed by atoms with Crippen LogP contribution in [0.4, 0.5) is 0 Å². The van der Waals surface area contributed by atoms with E-state index in [-0.39, 0.29) is 17.7 Å². The molecule has 8 nitrogen and oxygen atoms in total. The third kappa shape index (κ3) is 5.26. The fourth-order valence-electron chi connectivity index (χ4n) is 4.04. The van der Waals surface area contributed by atoms with Gasteiger partial charge >= 0.3 is 0 Å². The summed E-state index contributed by atoms with van der Waals surface area (Å²) in [6, 6.07) is 7.77. The third-order valence-electron chi connectivity index (χ3n) is 5.66. The molecule has 0 radical (unpaired) electrons. The van der Waals surface area contributed by atoms with Gasteiger partial charge in [0.1, 0.15) is 0 Å². The summed E-state index contributed by atoms with van der Waals surface area (Å²) in [6.07, 6.45) is 3.38. The summed E-state index contributed by atoms with van der Waals surface area (Å²) < 4.78 is 6.43. The summed E-state index contributed by atoms with van der Waals surface area (Å²) in [5, 5.41) is 7.08. The van der Waals surface area contributed by atoms with E-state index in [4.69, 9.17) is 4.52 Å². The smallest absolute Gasteiger partial charge is 0.241 e. The second-order valence-corrected chi connectivity index (χ2v) is 8.78. The first-order valence-corrected chi connectivity index (χ1v) is 11.2. The molecule has 2 aliphatic rings. The van der Waals surface area contributed by atoms with E-state index in [0.717, 1.165) is 42.4 Å². The van der Waals surface area contributed by atoms with E-state index in [9.17, 15) is 9.59 Å². The van der Waals surface area contributed by atoms with Crippen LogP contribution in [0.5, 0.6) is 0 Å². The second-order valence-electron chi connectivity index (χ2n) is 7.87. The van der Waals surface area contributed by atoms with E-state index in [1.54, 1.807) is 0 Å². The van der Waals surface area contributed by atoms with Crippen molar-refractivity contribution in [2.24, 2.45) is 5.92 Å². The molecule has 160 valence electrons. The minimum absolute atomic E-state index is 0.0538. The fourth-order valence-corrected chi connectivity index (χ4v) is 4.30. The summed E-state index contributed by atoms with van der Waals surface area (Å²) in [4.78, 5) is 32.8. The number of benzene rings is 1. The highest BCUT2D eigenvalue weighted by Crippen LogP contribution is 2.21. The van der Waals surface area contributed by atoms with Gasteiger partial charge in [-0.3, -0.25) is 14.5 Å². The molecule has 2 amide bonds. The van der Waals surface area contributed by atoms with Gasteiger partial charge in [-0.1, -0.05) is 21.1 Å². The number of hydrogen-bond acceptors (Lipinski definition) is 6. The number of halogens is 1. The van der Waals surface area contributed by atoms with Crippen LogP contribution < -0.4 is 5.32 Å². The van der Waals surface area contributed by atoms with Crippen molar-refractivity contribution in [2.45, 2.75) is 32.2 Å². The van der Waals surface area contributed by atoms with Crippen molar-refractivity contribution in [2.75, 3.05) is 32.7 Å². The molecular formula is C21H26BrN5O3. The maximum absolute atomic E-state index is 12.6. The Kier molecular flexibility index (Phi) is 6.79. The number of aromatic nitrogens is 2. The molecule has 1 unspecified atom stereocenters. The largest absolute Gasteiger partial charge is 0.354 e. The Morgan fingerprint density at radius 2 is 2.07 bits per heavy atom. The summed E-state index contributed by atoms with van der Waals surface area (Å²) in [7, 11) is 0. The molecule has 2 aromatic rings. The van der Waals surface area contributed by atoms with Crippen molar-refractivity contribution in [3.63, 3.8) is 0 Å². The second kappa shape index (κ2) is 9.70. The molecule has 0 aliphatic carbocycles. The Labute approximate surface area is 184 Å². The van der Waals surface area contributed by atoms with Crippen molar-refractivity contribution in [3.05, 3.63) is 34.6 Å². The highest BCUT2D eigenvalue weighted by Gasteiger charge is 2.27. The molecule has 1 atom stereocenters. The molecule has 30 heavy (non-hydrogen) atoms. The normalized spacial score (nSPS) is 20.0. The predicted molar refractivity (Wildman–Crippen MR) is 114 cm³/mol. The van der Waals surface area contributed by atoms with E-state index >= 15 is 0 Å². The Morgan fingerprint density at radius 1 is 1.23 bits per heavy atom. The molecule has 2 fully saturated rings. The lowest BCUT2D eigenvalue weighted by Crippen LogP contribution is -2.44. The van der Waals surface area contributed by atoms with Gasteiger partial charge in [0, 0.05) is 42.6 Å². The lowest BCUT2D eigenvalue weighted by atomic mass is 9.97. The van der Waals surface area contributed by atoms with Crippen LogP contribution >= 0.6 is 15.9 Å². The molecule has 2 saturated heterocycles. The van der Waals surface area contributed by atoms with Crippen LogP contribution in [0.2, 0.25) is 0 Å². The van der Waals surface area contributed by atoms with Gasteiger partial charge in [-0.25, -0.2) is 0 Å². The number of amides is 2. The first kappa shape index (κ1) is 21.0. The number of rotatable bonds is 7. The molecule has 9 heteroatoms. The average molecular weight is 476 g/mol. The van der Waals surface area contributed by atoms with Crippen LogP contribution in [0.25, 0.3) is 11.4 Å². The lowest BCUT2D eigenvalue weighted by Gasteiger charge is -2.31. The monoisotopic (exact) mass is 475 g/mol. The Hall–Kier alpha value is -2.26. The molecule has 0 spiro atoms. The van der Waals surface area contributed by atoms with Crippen LogP contribution in [0, 0.1) is 5.92 Å². The minimum Gasteiger partial charge on any atom is -0.354 e. The Balaban J connectivity index is 1.26. The van der Waals surface area contributed by atoms with E-state index < -0.39 is 0 Å². The number of nitrogens with zero attached hydrogens (tertiary/aromatic N) is 4. The maximum atomic E-state index is 12.6. The summed E-state index contributed by atoms with van der Waals surface area (Å²) in [6.45, 7) is 4.03. The molecular weight excluding hydrogens is 450 g/mol. The van der Waals surface area contributed by atoms with Gasteiger partial charge in [0.2, 0.25) is 23.5 Å². The number of nitrogens with one attached hydrogen (secondary N) is 1. The lowest BCUT2D eigenvalue weighted by molar-refractivity contribution is -0.129. The van der Waals surface area contributed by atoms with Crippen LogP contribution in [-0.2, 0) is 16.1 Å². The van der Waals surface area contributed by atoms with E-state index in [1.807, 2.05) is 29.2 Å². The van der Waals surface area contributed by atoms with Gasteiger partial charge in [-0.2, -0.15) is 4.98 Å². The zero-order valence-electron chi connectivity index (χ0n) is 16.8. The quantitative estimate of drug-likeness (QED) is 0.660. The van der Waals surface area contributed by atoms with Crippen LogP contribution in [0.3, 0.4) is 0 Å². The fraction of sp³-hybridized carbons (Fsp3) is 0.524. The molecule has 4 rings (SSSR count). The number of carbonyl (C=O) groups is 2. The highest BCUT2D eigenvalue weighted by molar-refractivity contribution is 9.10. The molecule has 0 saturated carbocycles. The van der Waals surface area contributed by atoms with Crippen LogP contribution in [0.1, 0.15) is 31.6 Å². The van der Waals surface area contributed by atoms with Gasteiger partial charge in [0.25, 0.3) is 0 Å². The number of hydrogen-bond donors (Lipinski definition) is 1. The topological polar surface area (TPSA) is 91.6 Å². The van der Waals surface area contributed by atoms with Gasteiger partial charge < -0.3 is 14.7 Å². The summed E-state index contributed by atoms with van der Waals surface area (Å²) in [5.41, 5.74) is 0.903. The molecule has 1 N–H and O–H groups in total. The van der Waals surface area contributed by atoms with Gasteiger partial charge in [-0.05, 0) is 50.1 Å². The van der Waals surface area contributed by atoms with Gasteiger partial charge in [0.15, 0.2) is 0 Å². The standard InChI is InChI=1S/C21H26BrN5O3/c22-17-7-5-15(6-8-17)20-24-18(30-25-20)14-26-10-1-3-16(13-26)21(29)23-9-12-27-11-2-4-19(27)28/h5-8,16H,1-4,9-14H2,(H,23,29). The minimum atomic E-state index is -0.0538. The molecule has 2 aliphatic heterocycles. The van der Waals surface area contributed by atoms with Crippen LogP contribution in [0.15, 0.2) is 33.3 Å². The number of carbonyl (C=O) groups excluding carboxylic acids is 2. The first-order valence-electron chi connectivity index (χ1n) is 10.4. The SMILES string of the molecule is O=C(NCCN1CCCC1=O)C1CCCN(Cc2nc(-c3ccc(Br)cc3)no2)C1. The number of piperidine rings is 1. The Bertz CT molecular complexity index is 885. The number of likely N-dealkylation sites (tertiary alicyclic amines) is 2. The first-order chi connectivity index (χ1) is 14.6. The zero-order valence-corrected chi connectivity index (χ0v) is 18.4. The van der Waals surface area contributed by atoms with E-state index in [1.165, 1.54) is 0 Å². The van der Waals surface area contributed by atoms with Gasteiger partial charge in [-0.15, -0.1) is 0 Å². The van der Waals surface area contributed by atoms with Crippen molar-refractivity contribution >= 4 is 27.7 Å². The highest BCUT2D eigenvalue weighted by atomic mass is 79.9. The van der Waals surface area contributed by atoms with Gasteiger partial charge in [0.05, 0.1) is 12.5 Å². The predicted octanol–water partition coefficient (Wildman–Crippen LogP) is 2.45. The Morgan fingerprint density at radius 3 is 2.83 bits per heavy atom. The molecule has 0 bridgehead atoms. The van der Waals surface area contributed by atoms with E-state index in [0.29, 0.717) is 44.3 Å². The van der Waals surface area contributed by atoms with Crippen molar-refractivity contribution < 1.29 is 14.1 Å². The summed E-state index contributed by atoms with van der Waals surface area (Å²) in [5.74, 6) is 1.33. The van der Waals surface area contributed by atoms with E-state index in [2.05, 4.69) is 36.3 Å². The third-order valence-corrected chi connectivity index (χ3v) is 6.19.